The van der Waals surface area contributed by atoms with Gasteiger partial charge < -0.3 is 25.0 Å². The molecule has 3 heterocycles. The van der Waals surface area contributed by atoms with Crippen LogP contribution < -0.4 is 10.1 Å². The fourth-order valence-electron chi connectivity index (χ4n) is 5.25. The third-order valence-electron chi connectivity index (χ3n) is 6.75. The SMILES string of the molecule is [C-]#[N+]c1ccc(-n2c(O)c3c(c2O)C2(C)OC3(C)C[C@@H]2NC(=O)Oc2ccccc2)cc1C(F)(F)F. The van der Waals surface area contributed by atoms with E-state index in [9.17, 15) is 28.2 Å². The van der Waals surface area contributed by atoms with Crippen molar-refractivity contribution in [2.24, 2.45) is 0 Å². The van der Waals surface area contributed by atoms with Crippen molar-refractivity contribution in [3.63, 3.8) is 0 Å². The van der Waals surface area contributed by atoms with Gasteiger partial charge in [0.15, 0.2) is 5.69 Å². The maximum absolute atomic E-state index is 13.5. The molecule has 36 heavy (non-hydrogen) atoms. The summed E-state index contributed by atoms with van der Waals surface area (Å²) >= 11 is 0. The minimum absolute atomic E-state index is 0.154. The Morgan fingerprint density at radius 3 is 2.47 bits per heavy atom. The molecule has 2 unspecified atom stereocenters. The number of ether oxygens (including phenoxy) is 2. The molecule has 3 N–H and O–H groups in total. The number of nitrogens with zero attached hydrogens (tertiary/aromatic N) is 2. The molecule has 3 aromatic rings. The van der Waals surface area contributed by atoms with Crippen LogP contribution in [-0.2, 0) is 22.1 Å². The van der Waals surface area contributed by atoms with Gasteiger partial charge in [0.1, 0.15) is 11.4 Å². The Morgan fingerprint density at radius 2 is 1.83 bits per heavy atom. The molecule has 3 atom stereocenters. The van der Waals surface area contributed by atoms with Crippen molar-refractivity contribution < 1.29 is 37.7 Å². The highest BCUT2D eigenvalue weighted by Gasteiger charge is 2.65. The summed E-state index contributed by atoms with van der Waals surface area (Å²) < 4.78 is 52.9. The Kier molecular flexibility index (Phi) is 5.02. The van der Waals surface area contributed by atoms with Gasteiger partial charge in [-0.15, -0.1) is 0 Å². The van der Waals surface area contributed by atoms with E-state index in [-0.39, 0.29) is 23.2 Å². The number of alkyl halides is 3. The van der Waals surface area contributed by atoms with E-state index < -0.39 is 52.5 Å². The molecule has 11 heteroatoms. The quantitative estimate of drug-likeness (QED) is 0.415. The molecular weight excluding hydrogens is 479 g/mol. The van der Waals surface area contributed by atoms with E-state index >= 15 is 0 Å². The molecule has 0 radical (unpaired) electrons. The van der Waals surface area contributed by atoms with Crippen molar-refractivity contribution in [1.29, 1.82) is 0 Å². The maximum Gasteiger partial charge on any atom is 0.412 e. The zero-order valence-corrected chi connectivity index (χ0v) is 19.1. The molecule has 0 saturated carbocycles. The van der Waals surface area contributed by atoms with E-state index in [2.05, 4.69) is 10.2 Å². The maximum atomic E-state index is 13.5. The van der Waals surface area contributed by atoms with Crippen molar-refractivity contribution in [2.75, 3.05) is 0 Å². The van der Waals surface area contributed by atoms with Gasteiger partial charge >= 0.3 is 12.3 Å². The van der Waals surface area contributed by atoms with Gasteiger partial charge in [0, 0.05) is 6.42 Å². The van der Waals surface area contributed by atoms with E-state index in [4.69, 9.17) is 16.0 Å². The molecule has 1 fully saturated rings. The van der Waals surface area contributed by atoms with Crippen molar-refractivity contribution in [3.8, 4) is 23.2 Å². The average Bonchev–Trinajstić information content (AvgIpc) is 3.33. The lowest BCUT2D eigenvalue weighted by atomic mass is 9.76. The standard InChI is InChI=1S/C25H20F3N3O5/c1-23-12-17(30-22(34)35-14-7-5-4-6-8-14)24(2,36-23)19-18(23)20(32)31(21(19)33)13-9-10-16(29-3)15(11-13)25(26,27)28/h4-11,17,32-33H,12H2,1-2H3,(H,30,34)/t17-,23?,24?/m0/s1. The summed E-state index contributed by atoms with van der Waals surface area (Å²) in [5, 5.41) is 24.9. The van der Waals surface area contributed by atoms with Crippen LogP contribution in [0.1, 0.15) is 37.0 Å². The first-order valence-corrected chi connectivity index (χ1v) is 10.9. The fraction of sp³-hybridized carbons (Fsp3) is 0.280. The third kappa shape index (κ3) is 3.37. The zero-order chi connectivity index (χ0) is 26.0. The Morgan fingerprint density at radius 1 is 1.17 bits per heavy atom. The number of benzene rings is 2. The Bertz CT molecular complexity index is 1430. The molecule has 1 saturated heterocycles. The lowest BCUT2D eigenvalue weighted by Gasteiger charge is -2.30. The van der Waals surface area contributed by atoms with Gasteiger partial charge in [-0.1, -0.05) is 24.3 Å². The minimum Gasteiger partial charge on any atom is -0.494 e. The summed E-state index contributed by atoms with van der Waals surface area (Å²) in [5.41, 5.74) is -4.06. The van der Waals surface area contributed by atoms with Crippen LogP contribution in [0.4, 0.5) is 23.7 Å². The lowest BCUT2D eigenvalue weighted by molar-refractivity contribution is -0.136. The second-order valence-corrected chi connectivity index (χ2v) is 9.09. The topological polar surface area (TPSA) is 97.3 Å². The van der Waals surface area contributed by atoms with Crippen LogP contribution in [0.2, 0.25) is 0 Å². The number of halogens is 3. The molecule has 8 nitrogen and oxygen atoms in total. The fourth-order valence-corrected chi connectivity index (χ4v) is 5.25. The highest BCUT2D eigenvalue weighted by Crippen LogP contribution is 2.64. The van der Waals surface area contributed by atoms with Crippen LogP contribution in [0, 0.1) is 6.57 Å². The molecule has 0 spiro atoms. The first-order chi connectivity index (χ1) is 16.9. The predicted octanol–water partition coefficient (Wildman–Crippen LogP) is 5.48. The number of amides is 1. The summed E-state index contributed by atoms with van der Waals surface area (Å²) in [4.78, 5) is 15.5. The molecule has 1 aromatic heterocycles. The van der Waals surface area contributed by atoms with Gasteiger partial charge in [-0.05, 0) is 38.1 Å². The monoisotopic (exact) mass is 499 g/mol. The van der Waals surface area contributed by atoms with Gasteiger partial charge in [0.2, 0.25) is 11.8 Å². The van der Waals surface area contributed by atoms with Crippen LogP contribution in [0.15, 0.2) is 48.5 Å². The van der Waals surface area contributed by atoms with E-state index in [1.165, 1.54) is 6.07 Å². The van der Waals surface area contributed by atoms with Gasteiger partial charge in [-0.2, -0.15) is 13.2 Å². The molecule has 2 aliphatic rings. The number of hydrogen-bond acceptors (Lipinski definition) is 5. The summed E-state index contributed by atoms with van der Waals surface area (Å²) in [7, 11) is 0. The molecule has 1 amide bonds. The smallest absolute Gasteiger partial charge is 0.412 e. The van der Waals surface area contributed by atoms with Crippen LogP contribution >= 0.6 is 0 Å². The number of nitrogens with one attached hydrogen (secondary N) is 1. The van der Waals surface area contributed by atoms with Crippen molar-refractivity contribution in [1.82, 2.24) is 9.88 Å². The van der Waals surface area contributed by atoms with E-state index in [0.717, 1.165) is 10.6 Å². The normalized spacial score (nSPS) is 24.3. The molecule has 5 rings (SSSR count). The summed E-state index contributed by atoms with van der Waals surface area (Å²) in [6.45, 7) is 10.3. The van der Waals surface area contributed by atoms with Crippen molar-refractivity contribution in [2.45, 2.75) is 43.7 Å². The third-order valence-corrected chi connectivity index (χ3v) is 6.75. The van der Waals surface area contributed by atoms with Crippen LogP contribution in [-0.4, -0.2) is 26.9 Å². The zero-order valence-electron chi connectivity index (χ0n) is 19.1. The number of aromatic hydroxyl groups is 2. The van der Waals surface area contributed by atoms with Crippen molar-refractivity contribution >= 4 is 11.8 Å². The largest absolute Gasteiger partial charge is 0.494 e. The number of hydrogen-bond donors (Lipinski definition) is 3. The van der Waals surface area contributed by atoms with E-state index in [1.54, 1.807) is 44.2 Å². The number of carbonyl (C=O) groups excluding carboxylic acids is 1. The Hall–Kier alpha value is -4.17. The molecule has 0 aliphatic carbocycles. The number of para-hydroxylation sites is 1. The molecule has 2 aliphatic heterocycles. The van der Waals surface area contributed by atoms with Gasteiger partial charge in [0.25, 0.3) is 0 Å². The van der Waals surface area contributed by atoms with Crippen molar-refractivity contribution in [3.05, 3.63) is 76.6 Å². The average molecular weight is 499 g/mol. The molecule has 2 bridgehead atoms. The van der Waals surface area contributed by atoms with Crippen LogP contribution in [0.5, 0.6) is 17.5 Å². The number of aromatic nitrogens is 1. The summed E-state index contributed by atoms with van der Waals surface area (Å²) in [6, 6.07) is 10.6. The number of carbonyl (C=O) groups is 1. The first-order valence-electron chi connectivity index (χ1n) is 10.9. The second-order valence-electron chi connectivity index (χ2n) is 9.09. The lowest BCUT2D eigenvalue weighted by Crippen LogP contribution is -2.47. The Balaban J connectivity index is 1.54. The highest BCUT2D eigenvalue weighted by atomic mass is 19.4. The number of fused-ring (bicyclic) bond motifs is 5. The second kappa shape index (κ2) is 7.66. The van der Waals surface area contributed by atoms with Crippen LogP contribution in [0.3, 0.4) is 0 Å². The molecular formula is C25H20F3N3O5. The highest BCUT2D eigenvalue weighted by molar-refractivity contribution is 5.72. The predicted molar refractivity (Wildman–Crippen MR) is 120 cm³/mol. The number of rotatable bonds is 3. The molecule has 186 valence electrons. The van der Waals surface area contributed by atoms with Crippen LogP contribution in [0.25, 0.3) is 10.5 Å². The minimum atomic E-state index is -4.81. The summed E-state index contributed by atoms with van der Waals surface area (Å²) in [6.07, 6.45) is -5.35. The summed E-state index contributed by atoms with van der Waals surface area (Å²) in [5.74, 6) is -0.686. The Labute approximate surface area is 203 Å². The molecule has 2 aromatic carbocycles. The van der Waals surface area contributed by atoms with Gasteiger partial charge in [-0.25, -0.2) is 9.64 Å². The van der Waals surface area contributed by atoms with Gasteiger partial charge in [-0.3, -0.25) is 4.57 Å². The van der Waals surface area contributed by atoms with Gasteiger partial charge in [0.05, 0.1) is 40.6 Å². The first kappa shape index (κ1) is 23.6. The van der Waals surface area contributed by atoms with E-state index in [0.29, 0.717) is 11.8 Å². The van der Waals surface area contributed by atoms with E-state index in [1.807, 2.05) is 0 Å².